The molecule has 0 atom stereocenters. The highest BCUT2D eigenvalue weighted by molar-refractivity contribution is 5.39. The highest BCUT2D eigenvalue weighted by Gasteiger charge is 2.23. The van der Waals surface area contributed by atoms with Crippen LogP contribution in [0.15, 0.2) is 0 Å². The van der Waals surface area contributed by atoms with E-state index in [1.807, 2.05) is 0 Å². The third-order valence-electron chi connectivity index (χ3n) is 2.75. The molecule has 14 heavy (non-hydrogen) atoms. The van der Waals surface area contributed by atoms with Gasteiger partial charge in [-0.1, -0.05) is 27.7 Å². The summed E-state index contributed by atoms with van der Waals surface area (Å²) in [5.41, 5.74) is 2.68. The summed E-state index contributed by atoms with van der Waals surface area (Å²) >= 11 is 0. The molecule has 0 spiro atoms. The Morgan fingerprint density at radius 3 is 2.50 bits per heavy atom. The minimum Gasteiger partial charge on any atom is -0.354 e. The molecular weight excluding hydrogens is 174 g/mol. The number of rotatable bonds is 2. The van der Waals surface area contributed by atoms with Gasteiger partial charge in [0.2, 0.25) is 5.95 Å². The van der Waals surface area contributed by atoms with Gasteiger partial charge in [-0.3, -0.25) is 0 Å². The Morgan fingerprint density at radius 2 is 1.93 bits per heavy atom. The first-order valence-electron chi connectivity index (χ1n) is 5.45. The van der Waals surface area contributed by atoms with Crippen LogP contribution in [-0.4, -0.2) is 16.1 Å². The van der Waals surface area contributed by atoms with E-state index in [1.54, 1.807) is 0 Å². The Hall–Kier alpha value is -0.990. The van der Waals surface area contributed by atoms with Crippen LogP contribution in [0.3, 0.4) is 0 Å². The average molecular weight is 193 g/mol. The van der Waals surface area contributed by atoms with E-state index in [9.17, 15) is 0 Å². The third kappa shape index (κ3) is 1.31. The molecule has 1 N–H and O–H groups in total. The lowest BCUT2D eigenvalue weighted by Gasteiger charge is -2.12. The number of hydrogen-bond donors (Lipinski definition) is 1. The van der Waals surface area contributed by atoms with E-state index < -0.39 is 0 Å². The Morgan fingerprint density at radius 1 is 1.21 bits per heavy atom. The van der Waals surface area contributed by atoms with E-state index in [0.29, 0.717) is 11.8 Å². The molecule has 0 saturated carbocycles. The van der Waals surface area contributed by atoms with Crippen LogP contribution in [-0.2, 0) is 6.54 Å². The molecule has 0 amide bonds. The zero-order valence-electron chi connectivity index (χ0n) is 9.46. The standard InChI is InChI=1S/C11H19N3/c1-7(2)9-10(8(3)4)14-6-5-12-11(14)13-9/h7-8H,5-6H2,1-4H3,(H,12,13). The summed E-state index contributed by atoms with van der Waals surface area (Å²) in [6.45, 7) is 11.0. The Bertz CT molecular complexity index is 337. The van der Waals surface area contributed by atoms with E-state index in [2.05, 4.69) is 42.6 Å². The summed E-state index contributed by atoms with van der Waals surface area (Å²) in [6.07, 6.45) is 0. The first-order valence-corrected chi connectivity index (χ1v) is 5.45. The molecule has 0 bridgehead atoms. The highest BCUT2D eigenvalue weighted by Crippen LogP contribution is 2.30. The quantitative estimate of drug-likeness (QED) is 0.782. The molecule has 2 heterocycles. The van der Waals surface area contributed by atoms with Crippen LogP contribution in [0.2, 0.25) is 0 Å². The fourth-order valence-electron chi connectivity index (χ4n) is 2.16. The molecule has 1 aliphatic heterocycles. The van der Waals surface area contributed by atoms with Crippen molar-refractivity contribution in [3.63, 3.8) is 0 Å². The van der Waals surface area contributed by atoms with E-state index in [1.165, 1.54) is 11.4 Å². The first-order chi connectivity index (χ1) is 6.61. The second-order valence-corrected chi connectivity index (χ2v) is 4.59. The molecular formula is C11H19N3. The maximum absolute atomic E-state index is 4.66. The Kier molecular flexibility index (Phi) is 2.25. The molecule has 3 heteroatoms. The summed E-state index contributed by atoms with van der Waals surface area (Å²) in [7, 11) is 0. The Balaban J connectivity index is 2.51. The zero-order valence-corrected chi connectivity index (χ0v) is 9.46. The number of aromatic nitrogens is 2. The van der Waals surface area contributed by atoms with E-state index in [-0.39, 0.29) is 0 Å². The van der Waals surface area contributed by atoms with Crippen molar-refractivity contribution in [3.05, 3.63) is 11.4 Å². The maximum atomic E-state index is 4.66. The van der Waals surface area contributed by atoms with Gasteiger partial charge in [0.1, 0.15) is 0 Å². The SMILES string of the molecule is CC(C)c1nc2n(c1C(C)C)CCN2. The van der Waals surface area contributed by atoms with Gasteiger partial charge < -0.3 is 9.88 Å². The summed E-state index contributed by atoms with van der Waals surface area (Å²) in [6, 6.07) is 0. The molecule has 2 rings (SSSR count). The van der Waals surface area contributed by atoms with Crippen LogP contribution >= 0.6 is 0 Å². The van der Waals surface area contributed by atoms with E-state index in [0.717, 1.165) is 19.0 Å². The topological polar surface area (TPSA) is 29.9 Å². The van der Waals surface area contributed by atoms with Crippen molar-refractivity contribution >= 4 is 5.95 Å². The molecule has 0 saturated heterocycles. The van der Waals surface area contributed by atoms with Gasteiger partial charge in [0.25, 0.3) is 0 Å². The molecule has 1 aromatic heterocycles. The van der Waals surface area contributed by atoms with Crippen molar-refractivity contribution in [2.75, 3.05) is 11.9 Å². The number of nitrogens with zero attached hydrogens (tertiary/aromatic N) is 2. The van der Waals surface area contributed by atoms with Crippen molar-refractivity contribution in [2.45, 2.75) is 46.1 Å². The second kappa shape index (κ2) is 3.30. The zero-order chi connectivity index (χ0) is 10.3. The van der Waals surface area contributed by atoms with Crippen LogP contribution in [0.5, 0.6) is 0 Å². The monoisotopic (exact) mass is 193 g/mol. The average Bonchev–Trinajstić information content (AvgIpc) is 2.58. The summed E-state index contributed by atoms with van der Waals surface area (Å²) in [5, 5.41) is 3.32. The predicted molar refractivity (Wildman–Crippen MR) is 58.9 cm³/mol. The first kappa shape index (κ1) is 9.56. The van der Waals surface area contributed by atoms with Crippen molar-refractivity contribution < 1.29 is 0 Å². The second-order valence-electron chi connectivity index (χ2n) is 4.59. The molecule has 0 radical (unpaired) electrons. The molecule has 78 valence electrons. The molecule has 0 fully saturated rings. The maximum Gasteiger partial charge on any atom is 0.203 e. The van der Waals surface area contributed by atoms with Gasteiger partial charge in [-0.2, -0.15) is 0 Å². The molecule has 1 aliphatic rings. The van der Waals surface area contributed by atoms with Crippen LogP contribution in [0.4, 0.5) is 5.95 Å². The number of imidazole rings is 1. The molecule has 3 nitrogen and oxygen atoms in total. The number of fused-ring (bicyclic) bond motifs is 1. The lowest BCUT2D eigenvalue weighted by atomic mass is 10.0. The fourth-order valence-corrected chi connectivity index (χ4v) is 2.16. The lowest BCUT2D eigenvalue weighted by molar-refractivity contribution is 0.674. The predicted octanol–water partition coefficient (Wildman–Crippen LogP) is 2.56. The van der Waals surface area contributed by atoms with Crippen LogP contribution in [0.1, 0.15) is 50.9 Å². The summed E-state index contributed by atoms with van der Waals surface area (Å²) in [4.78, 5) is 4.66. The van der Waals surface area contributed by atoms with E-state index in [4.69, 9.17) is 0 Å². The van der Waals surface area contributed by atoms with Gasteiger partial charge in [0, 0.05) is 18.8 Å². The van der Waals surface area contributed by atoms with Crippen molar-refractivity contribution in [1.29, 1.82) is 0 Å². The van der Waals surface area contributed by atoms with Gasteiger partial charge in [0.05, 0.1) is 5.69 Å². The van der Waals surface area contributed by atoms with Gasteiger partial charge in [-0.15, -0.1) is 0 Å². The van der Waals surface area contributed by atoms with Crippen molar-refractivity contribution in [3.8, 4) is 0 Å². The van der Waals surface area contributed by atoms with Gasteiger partial charge in [-0.05, 0) is 11.8 Å². The largest absolute Gasteiger partial charge is 0.354 e. The number of nitrogens with one attached hydrogen (secondary N) is 1. The van der Waals surface area contributed by atoms with Gasteiger partial charge in [-0.25, -0.2) is 4.98 Å². The minimum atomic E-state index is 0.521. The molecule has 0 aromatic carbocycles. The summed E-state index contributed by atoms with van der Waals surface area (Å²) < 4.78 is 2.33. The number of anilines is 1. The van der Waals surface area contributed by atoms with Crippen LogP contribution in [0, 0.1) is 0 Å². The van der Waals surface area contributed by atoms with Gasteiger partial charge in [0.15, 0.2) is 0 Å². The van der Waals surface area contributed by atoms with E-state index >= 15 is 0 Å². The van der Waals surface area contributed by atoms with Crippen LogP contribution in [0.25, 0.3) is 0 Å². The smallest absolute Gasteiger partial charge is 0.203 e. The Labute approximate surface area is 85.5 Å². The third-order valence-corrected chi connectivity index (χ3v) is 2.75. The minimum absolute atomic E-state index is 0.521. The van der Waals surface area contributed by atoms with Crippen molar-refractivity contribution in [2.24, 2.45) is 0 Å². The van der Waals surface area contributed by atoms with Crippen molar-refractivity contribution in [1.82, 2.24) is 9.55 Å². The van der Waals surface area contributed by atoms with Gasteiger partial charge >= 0.3 is 0 Å². The lowest BCUT2D eigenvalue weighted by Crippen LogP contribution is -2.06. The molecule has 0 aliphatic carbocycles. The summed E-state index contributed by atoms with van der Waals surface area (Å²) in [5.74, 6) is 2.15. The molecule has 1 aromatic rings. The number of hydrogen-bond acceptors (Lipinski definition) is 2. The fraction of sp³-hybridized carbons (Fsp3) is 0.727. The normalized spacial score (nSPS) is 15.0. The van der Waals surface area contributed by atoms with Crippen LogP contribution < -0.4 is 5.32 Å². The molecule has 0 unspecified atom stereocenters. The highest BCUT2D eigenvalue weighted by atomic mass is 15.3.